The van der Waals surface area contributed by atoms with E-state index in [0.29, 0.717) is 23.0 Å². The SMILES string of the molecule is CCOC(=O)c1cc(N)ccc1Sc1nc(C)cc(C)n1. The van der Waals surface area contributed by atoms with Crippen molar-refractivity contribution < 1.29 is 9.53 Å². The summed E-state index contributed by atoms with van der Waals surface area (Å²) in [7, 11) is 0. The van der Waals surface area contributed by atoms with Crippen molar-refractivity contribution in [2.45, 2.75) is 30.8 Å². The smallest absolute Gasteiger partial charge is 0.339 e. The lowest BCUT2D eigenvalue weighted by Crippen LogP contribution is -2.07. The molecule has 5 nitrogen and oxygen atoms in total. The molecule has 0 spiro atoms. The Hall–Kier alpha value is -2.08. The highest BCUT2D eigenvalue weighted by Gasteiger charge is 2.15. The molecule has 2 rings (SSSR count). The second-order valence-electron chi connectivity index (χ2n) is 4.51. The lowest BCUT2D eigenvalue weighted by atomic mass is 10.2. The molecule has 1 aromatic heterocycles. The van der Waals surface area contributed by atoms with E-state index in [1.807, 2.05) is 19.9 Å². The van der Waals surface area contributed by atoms with Crippen LogP contribution >= 0.6 is 11.8 Å². The topological polar surface area (TPSA) is 78.1 Å². The highest BCUT2D eigenvalue weighted by molar-refractivity contribution is 7.99. The summed E-state index contributed by atoms with van der Waals surface area (Å²) in [4.78, 5) is 21.5. The second kappa shape index (κ2) is 6.58. The molecule has 0 bridgehead atoms. The van der Waals surface area contributed by atoms with Gasteiger partial charge in [-0.3, -0.25) is 0 Å². The summed E-state index contributed by atoms with van der Waals surface area (Å²) in [5.41, 5.74) is 8.48. The monoisotopic (exact) mass is 303 g/mol. The van der Waals surface area contributed by atoms with Crippen LogP contribution < -0.4 is 5.73 Å². The van der Waals surface area contributed by atoms with Crippen molar-refractivity contribution in [3.63, 3.8) is 0 Å². The molecular weight excluding hydrogens is 286 g/mol. The lowest BCUT2D eigenvalue weighted by molar-refractivity contribution is 0.0522. The maximum atomic E-state index is 12.0. The minimum absolute atomic E-state index is 0.317. The van der Waals surface area contributed by atoms with E-state index in [0.717, 1.165) is 16.3 Å². The molecule has 2 N–H and O–H groups in total. The number of aryl methyl sites for hydroxylation is 2. The molecule has 0 saturated carbocycles. The normalized spacial score (nSPS) is 10.4. The first-order valence-corrected chi connectivity index (χ1v) is 7.38. The Morgan fingerprint density at radius 2 is 1.90 bits per heavy atom. The van der Waals surface area contributed by atoms with E-state index < -0.39 is 5.97 Å². The van der Waals surface area contributed by atoms with Gasteiger partial charge >= 0.3 is 5.97 Å². The number of nitrogens with two attached hydrogens (primary N) is 1. The van der Waals surface area contributed by atoms with Gasteiger partial charge in [-0.05, 0) is 56.8 Å². The molecule has 0 aliphatic heterocycles. The van der Waals surface area contributed by atoms with E-state index in [9.17, 15) is 4.79 Å². The van der Waals surface area contributed by atoms with Gasteiger partial charge in [0.05, 0.1) is 12.2 Å². The second-order valence-corrected chi connectivity index (χ2v) is 5.52. The molecular formula is C15H17N3O2S. The predicted molar refractivity (Wildman–Crippen MR) is 82.4 cm³/mol. The Morgan fingerprint density at radius 3 is 2.52 bits per heavy atom. The first-order valence-electron chi connectivity index (χ1n) is 6.56. The predicted octanol–water partition coefficient (Wildman–Crippen LogP) is 3.00. The number of anilines is 1. The zero-order valence-corrected chi connectivity index (χ0v) is 13.0. The molecule has 0 radical (unpaired) electrons. The number of ether oxygens (including phenoxy) is 1. The average molecular weight is 303 g/mol. The Bertz CT molecular complexity index is 654. The average Bonchev–Trinajstić information content (AvgIpc) is 2.40. The number of nitrogens with zero attached hydrogens (tertiary/aromatic N) is 2. The fourth-order valence-corrected chi connectivity index (χ4v) is 2.81. The molecule has 6 heteroatoms. The van der Waals surface area contributed by atoms with Crippen LogP contribution in [0.5, 0.6) is 0 Å². The molecule has 0 aliphatic rings. The van der Waals surface area contributed by atoms with E-state index in [1.165, 1.54) is 11.8 Å². The van der Waals surface area contributed by atoms with Gasteiger partial charge in [0.25, 0.3) is 0 Å². The molecule has 1 aromatic carbocycles. The minimum Gasteiger partial charge on any atom is -0.462 e. The van der Waals surface area contributed by atoms with Gasteiger partial charge in [-0.15, -0.1) is 0 Å². The minimum atomic E-state index is -0.392. The number of nitrogen functional groups attached to an aromatic ring is 1. The molecule has 2 aromatic rings. The van der Waals surface area contributed by atoms with Gasteiger partial charge in [-0.2, -0.15) is 0 Å². The van der Waals surface area contributed by atoms with Crippen molar-refractivity contribution in [1.29, 1.82) is 0 Å². The molecule has 0 atom stereocenters. The number of hydrogen-bond acceptors (Lipinski definition) is 6. The molecule has 0 fully saturated rings. The van der Waals surface area contributed by atoms with Crippen molar-refractivity contribution in [3.8, 4) is 0 Å². The van der Waals surface area contributed by atoms with Gasteiger partial charge in [0, 0.05) is 22.0 Å². The van der Waals surface area contributed by atoms with Crippen LogP contribution in [-0.4, -0.2) is 22.5 Å². The lowest BCUT2D eigenvalue weighted by Gasteiger charge is -2.09. The summed E-state index contributed by atoms with van der Waals surface area (Å²) in [6.45, 7) is 5.91. The van der Waals surface area contributed by atoms with E-state index in [1.54, 1.807) is 25.1 Å². The third kappa shape index (κ3) is 3.95. The number of rotatable bonds is 4. The van der Waals surface area contributed by atoms with Gasteiger partial charge in [0.1, 0.15) is 0 Å². The molecule has 0 aliphatic carbocycles. The summed E-state index contributed by atoms with van der Waals surface area (Å²) in [5.74, 6) is -0.392. The van der Waals surface area contributed by atoms with Crippen molar-refractivity contribution in [2.24, 2.45) is 0 Å². The van der Waals surface area contributed by atoms with Crippen LogP contribution in [0.1, 0.15) is 28.7 Å². The number of carbonyl (C=O) groups excluding carboxylic acids is 1. The van der Waals surface area contributed by atoms with Crippen molar-refractivity contribution in [1.82, 2.24) is 9.97 Å². The molecule has 0 amide bonds. The molecule has 21 heavy (non-hydrogen) atoms. The van der Waals surface area contributed by atoms with Gasteiger partial charge in [0.15, 0.2) is 5.16 Å². The highest BCUT2D eigenvalue weighted by Crippen LogP contribution is 2.30. The Morgan fingerprint density at radius 1 is 1.24 bits per heavy atom. The van der Waals surface area contributed by atoms with Crippen LogP contribution in [0.2, 0.25) is 0 Å². The number of esters is 1. The number of benzene rings is 1. The molecule has 0 unspecified atom stereocenters. The summed E-state index contributed by atoms with van der Waals surface area (Å²) in [6, 6.07) is 7.04. The maximum Gasteiger partial charge on any atom is 0.339 e. The van der Waals surface area contributed by atoms with E-state index in [-0.39, 0.29) is 0 Å². The number of hydrogen-bond donors (Lipinski definition) is 1. The van der Waals surface area contributed by atoms with Gasteiger partial charge in [0.2, 0.25) is 0 Å². The van der Waals surface area contributed by atoms with Crippen LogP contribution in [0.3, 0.4) is 0 Å². The first-order chi connectivity index (χ1) is 9.99. The van der Waals surface area contributed by atoms with Crippen LogP contribution in [0.25, 0.3) is 0 Å². The van der Waals surface area contributed by atoms with Crippen molar-refractivity contribution in [2.75, 3.05) is 12.3 Å². The Kier molecular flexibility index (Phi) is 4.80. The third-order valence-corrected chi connectivity index (χ3v) is 3.60. The van der Waals surface area contributed by atoms with Crippen LogP contribution in [0.4, 0.5) is 5.69 Å². The van der Waals surface area contributed by atoms with Crippen LogP contribution in [0.15, 0.2) is 34.3 Å². The van der Waals surface area contributed by atoms with E-state index in [2.05, 4.69) is 9.97 Å². The zero-order chi connectivity index (χ0) is 15.4. The van der Waals surface area contributed by atoms with E-state index in [4.69, 9.17) is 10.5 Å². The van der Waals surface area contributed by atoms with Crippen molar-refractivity contribution >= 4 is 23.4 Å². The molecule has 110 valence electrons. The largest absolute Gasteiger partial charge is 0.462 e. The molecule has 0 saturated heterocycles. The van der Waals surface area contributed by atoms with E-state index >= 15 is 0 Å². The third-order valence-electron chi connectivity index (χ3n) is 2.66. The Balaban J connectivity index is 2.37. The standard InChI is InChI=1S/C15H17N3O2S/c1-4-20-14(19)12-8-11(16)5-6-13(12)21-15-17-9(2)7-10(3)18-15/h5-8H,4,16H2,1-3H3. The van der Waals surface area contributed by atoms with Crippen molar-refractivity contribution in [3.05, 3.63) is 41.2 Å². The molecule has 1 heterocycles. The van der Waals surface area contributed by atoms with Gasteiger partial charge in [-0.1, -0.05) is 0 Å². The fourth-order valence-electron chi connectivity index (χ4n) is 1.84. The number of carbonyl (C=O) groups is 1. The maximum absolute atomic E-state index is 12.0. The summed E-state index contributed by atoms with van der Waals surface area (Å²) in [5, 5.41) is 0.600. The van der Waals surface area contributed by atoms with Gasteiger partial charge < -0.3 is 10.5 Å². The quantitative estimate of drug-likeness (QED) is 0.531. The highest BCUT2D eigenvalue weighted by atomic mass is 32.2. The van der Waals surface area contributed by atoms with Crippen LogP contribution in [0, 0.1) is 13.8 Å². The van der Waals surface area contributed by atoms with Gasteiger partial charge in [-0.25, -0.2) is 14.8 Å². The summed E-state index contributed by atoms with van der Waals surface area (Å²) >= 11 is 1.33. The van der Waals surface area contributed by atoms with Crippen LogP contribution in [-0.2, 0) is 4.74 Å². The fraction of sp³-hybridized carbons (Fsp3) is 0.267. The first kappa shape index (κ1) is 15.3. The number of aromatic nitrogens is 2. The summed E-state index contributed by atoms with van der Waals surface area (Å²) in [6.07, 6.45) is 0. The Labute approximate surface area is 127 Å². The summed E-state index contributed by atoms with van der Waals surface area (Å²) < 4.78 is 5.06. The zero-order valence-electron chi connectivity index (χ0n) is 12.2.